The normalized spacial score (nSPS) is 12.9. The van der Waals surface area contributed by atoms with Crippen LogP contribution >= 0.6 is 23.5 Å². The van der Waals surface area contributed by atoms with Crippen LogP contribution in [-0.4, -0.2) is 11.5 Å². The van der Waals surface area contributed by atoms with Gasteiger partial charge >= 0.3 is 0 Å². The predicted octanol–water partition coefficient (Wildman–Crippen LogP) is 8.07. The van der Waals surface area contributed by atoms with Crippen molar-refractivity contribution in [3.8, 4) is 0 Å². The third-order valence-corrected chi connectivity index (χ3v) is 7.11. The number of ether oxygens (including phenoxy) is 1. The van der Waals surface area contributed by atoms with Crippen molar-refractivity contribution in [2.24, 2.45) is 0 Å². The highest BCUT2D eigenvalue weighted by Crippen LogP contribution is 2.35. The molecule has 1 nitrogen and oxygen atoms in total. The topological polar surface area (TPSA) is 9.23 Å². The molecule has 2 atom stereocenters. The first-order chi connectivity index (χ1) is 15.4. The van der Waals surface area contributed by atoms with Crippen molar-refractivity contribution in [1.29, 1.82) is 0 Å². The summed E-state index contributed by atoms with van der Waals surface area (Å²) in [5.74, 6) is 1.74. The van der Waals surface area contributed by atoms with Gasteiger partial charge in [0.15, 0.2) is 0 Å². The van der Waals surface area contributed by atoms with Crippen LogP contribution in [0.1, 0.15) is 23.3 Å². The predicted molar refractivity (Wildman–Crippen MR) is 134 cm³/mol. The molecular weight excluding hydrogens is 416 g/mol. The zero-order chi connectivity index (χ0) is 21.1. The minimum atomic E-state index is 0.00739. The second-order valence-corrected chi connectivity index (χ2v) is 9.37. The van der Waals surface area contributed by atoms with Crippen molar-refractivity contribution in [3.05, 3.63) is 132 Å². The summed E-state index contributed by atoms with van der Waals surface area (Å²) in [4.78, 5) is 2.53. The van der Waals surface area contributed by atoms with Gasteiger partial charge in [0.25, 0.3) is 0 Å². The number of thioether (sulfide) groups is 2. The van der Waals surface area contributed by atoms with Crippen molar-refractivity contribution < 1.29 is 4.74 Å². The Kier molecular flexibility index (Phi) is 8.29. The summed E-state index contributed by atoms with van der Waals surface area (Å²) in [6, 6.07) is 42.3. The fourth-order valence-corrected chi connectivity index (χ4v) is 5.27. The van der Waals surface area contributed by atoms with Crippen LogP contribution in [0.3, 0.4) is 0 Å². The minimum absolute atomic E-state index is 0.00739. The molecule has 0 heterocycles. The monoisotopic (exact) mass is 442 g/mol. The fraction of sp³-hybridized carbons (Fsp3) is 0.143. The van der Waals surface area contributed by atoms with E-state index in [1.807, 2.05) is 23.5 Å². The zero-order valence-corrected chi connectivity index (χ0v) is 19.0. The highest BCUT2D eigenvalue weighted by atomic mass is 32.2. The highest BCUT2D eigenvalue weighted by molar-refractivity contribution is 7.99. The van der Waals surface area contributed by atoms with Gasteiger partial charge in [0, 0.05) is 21.3 Å². The molecule has 0 saturated carbocycles. The van der Waals surface area contributed by atoms with Crippen molar-refractivity contribution in [1.82, 2.24) is 0 Å². The standard InChI is InChI=1S/C28H26OS2/c1-5-13-23(14-6-1)27(21-30-25-17-9-3-10-18-25)29-28(24-15-7-2-8-16-24)22-31-26-19-11-4-12-20-26/h1-20,27-28H,21-22H2/t27-,28-/m0/s1. The summed E-state index contributed by atoms with van der Waals surface area (Å²) < 4.78 is 6.82. The Morgan fingerprint density at radius 1 is 0.452 bits per heavy atom. The number of hydrogen-bond acceptors (Lipinski definition) is 3. The quantitative estimate of drug-likeness (QED) is 0.230. The Hall–Kier alpha value is -2.46. The van der Waals surface area contributed by atoms with Crippen LogP contribution < -0.4 is 0 Å². The highest BCUT2D eigenvalue weighted by Gasteiger charge is 2.21. The van der Waals surface area contributed by atoms with Crippen LogP contribution in [0.5, 0.6) is 0 Å². The minimum Gasteiger partial charge on any atom is -0.364 e. The smallest absolute Gasteiger partial charge is 0.0927 e. The molecule has 4 rings (SSSR count). The van der Waals surface area contributed by atoms with Crippen LogP contribution in [0.25, 0.3) is 0 Å². The maximum atomic E-state index is 6.82. The summed E-state index contributed by atoms with van der Waals surface area (Å²) in [7, 11) is 0. The summed E-state index contributed by atoms with van der Waals surface area (Å²) >= 11 is 3.69. The Morgan fingerprint density at radius 2 is 0.774 bits per heavy atom. The molecular formula is C28H26OS2. The molecule has 0 saturated heterocycles. The molecule has 0 aliphatic carbocycles. The first-order valence-corrected chi connectivity index (χ1v) is 12.5. The van der Waals surface area contributed by atoms with Gasteiger partial charge in [-0.15, -0.1) is 23.5 Å². The molecule has 0 spiro atoms. The first kappa shape index (κ1) is 21.8. The Morgan fingerprint density at radius 3 is 1.13 bits per heavy atom. The molecule has 0 N–H and O–H groups in total. The SMILES string of the molecule is c1ccc(SC[C@H](O[C@@H](CSc2ccccc2)c2ccccc2)c2ccccc2)cc1. The van der Waals surface area contributed by atoms with Gasteiger partial charge in [-0.3, -0.25) is 0 Å². The lowest BCUT2D eigenvalue weighted by Crippen LogP contribution is -2.15. The van der Waals surface area contributed by atoms with Crippen molar-refractivity contribution in [2.75, 3.05) is 11.5 Å². The maximum absolute atomic E-state index is 6.82. The van der Waals surface area contributed by atoms with E-state index in [2.05, 4.69) is 121 Å². The lowest BCUT2D eigenvalue weighted by Gasteiger charge is -2.26. The molecule has 0 fully saturated rings. The maximum Gasteiger partial charge on any atom is 0.0927 e. The average molecular weight is 443 g/mol. The average Bonchev–Trinajstić information content (AvgIpc) is 2.86. The third-order valence-electron chi connectivity index (χ3n) is 4.96. The summed E-state index contributed by atoms with van der Waals surface area (Å²) in [6.07, 6.45) is 0.0148. The Labute approximate surface area is 193 Å². The van der Waals surface area contributed by atoms with Crippen LogP contribution in [0.15, 0.2) is 131 Å². The fourth-order valence-electron chi connectivity index (χ4n) is 3.34. The molecule has 0 bridgehead atoms. The van der Waals surface area contributed by atoms with E-state index in [0.717, 1.165) is 11.5 Å². The summed E-state index contributed by atoms with van der Waals surface area (Å²) in [5, 5.41) is 0. The molecule has 0 aliphatic rings. The number of rotatable bonds is 10. The van der Waals surface area contributed by atoms with Crippen molar-refractivity contribution >= 4 is 23.5 Å². The second-order valence-electron chi connectivity index (χ2n) is 7.18. The molecule has 4 aromatic carbocycles. The lowest BCUT2D eigenvalue weighted by atomic mass is 10.1. The van der Waals surface area contributed by atoms with Gasteiger partial charge in [-0.2, -0.15) is 0 Å². The van der Waals surface area contributed by atoms with Gasteiger partial charge in [0.05, 0.1) is 12.2 Å². The van der Waals surface area contributed by atoms with E-state index in [0.29, 0.717) is 0 Å². The lowest BCUT2D eigenvalue weighted by molar-refractivity contribution is 0.0115. The van der Waals surface area contributed by atoms with Crippen molar-refractivity contribution in [2.45, 2.75) is 22.0 Å². The van der Waals surface area contributed by atoms with Crippen molar-refractivity contribution in [3.63, 3.8) is 0 Å². The van der Waals surface area contributed by atoms with Crippen LogP contribution in [-0.2, 0) is 4.74 Å². The van der Waals surface area contributed by atoms with E-state index in [-0.39, 0.29) is 12.2 Å². The van der Waals surface area contributed by atoms with Gasteiger partial charge in [0.2, 0.25) is 0 Å². The van der Waals surface area contributed by atoms with Crippen LogP contribution in [0.4, 0.5) is 0 Å². The molecule has 4 aromatic rings. The summed E-state index contributed by atoms with van der Waals surface area (Å²) in [5.41, 5.74) is 2.44. The Balaban J connectivity index is 1.53. The van der Waals surface area contributed by atoms with Gasteiger partial charge in [-0.1, -0.05) is 97.1 Å². The molecule has 0 amide bonds. The van der Waals surface area contributed by atoms with Crippen LogP contribution in [0, 0.1) is 0 Å². The molecule has 0 aliphatic heterocycles. The van der Waals surface area contributed by atoms with E-state index >= 15 is 0 Å². The van der Waals surface area contributed by atoms with Gasteiger partial charge in [-0.25, -0.2) is 0 Å². The molecule has 0 aromatic heterocycles. The van der Waals surface area contributed by atoms with E-state index < -0.39 is 0 Å². The molecule has 0 unspecified atom stereocenters. The summed E-state index contributed by atoms with van der Waals surface area (Å²) in [6.45, 7) is 0. The van der Waals surface area contributed by atoms with Gasteiger partial charge < -0.3 is 4.74 Å². The van der Waals surface area contributed by atoms with E-state index in [1.54, 1.807) is 0 Å². The Bertz CT molecular complexity index is 923. The zero-order valence-electron chi connectivity index (χ0n) is 17.3. The van der Waals surface area contributed by atoms with Gasteiger partial charge in [-0.05, 0) is 35.4 Å². The van der Waals surface area contributed by atoms with E-state index in [4.69, 9.17) is 4.74 Å². The molecule has 31 heavy (non-hydrogen) atoms. The number of hydrogen-bond donors (Lipinski definition) is 0. The van der Waals surface area contributed by atoms with E-state index in [1.165, 1.54) is 20.9 Å². The molecule has 156 valence electrons. The van der Waals surface area contributed by atoms with Gasteiger partial charge in [0.1, 0.15) is 0 Å². The first-order valence-electron chi connectivity index (χ1n) is 10.5. The largest absolute Gasteiger partial charge is 0.364 e. The molecule has 3 heteroatoms. The second kappa shape index (κ2) is 11.8. The third kappa shape index (κ3) is 6.76. The van der Waals surface area contributed by atoms with Crippen LogP contribution in [0.2, 0.25) is 0 Å². The van der Waals surface area contributed by atoms with E-state index in [9.17, 15) is 0 Å². The molecule has 0 radical (unpaired) electrons. The number of benzene rings is 4.